The van der Waals surface area contributed by atoms with Gasteiger partial charge in [0.15, 0.2) is 0 Å². The quantitative estimate of drug-likeness (QED) is 0.0205. The number of nitrogens with one attached hydrogen (secondary N) is 1. The van der Waals surface area contributed by atoms with E-state index in [-0.39, 0.29) is 31.5 Å². The van der Waals surface area contributed by atoms with Crippen LogP contribution in [0.1, 0.15) is 265 Å². The second kappa shape index (κ2) is 49.5. The number of phosphoric acid groups is 1. The number of unbranched alkanes of at least 4 members (excludes halogenated alkanes) is 30. The van der Waals surface area contributed by atoms with Crippen molar-refractivity contribution in [3.63, 3.8) is 0 Å². The minimum absolute atomic E-state index is 0.0363. The summed E-state index contributed by atoms with van der Waals surface area (Å²) in [5.41, 5.74) is 0. The first-order chi connectivity index (χ1) is 33.4. The van der Waals surface area contributed by atoms with Gasteiger partial charge in [0.1, 0.15) is 19.3 Å². The first-order valence-electron chi connectivity index (χ1n) is 29.0. The van der Waals surface area contributed by atoms with E-state index in [0.29, 0.717) is 17.4 Å². The molecule has 0 rings (SSSR count). The van der Waals surface area contributed by atoms with Gasteiger partial charge in [0.05, 0.1) is 33.8 Å². The van der Waals surface area contributed by atoms with Crippen molar-refractivity contribution in [3.8, 4) is 0 Å². The third-order valence-corrected chi connectivity index (χ3v) is 13.8. The number of nitrogens with zero attached hydrogens (tertiary/aromatic N) is 1. The number of ether oxygens (including phenoxy) is 1. The lowest BCUT2D eigenvalue weighted by Gasteiger charge is -2.27. The van der Waals surface area contributed by atoms with Crippen molar-refractivity contribution in [1.82, 2.24) is 5.32 Å². The van der Waals surface area contributed by atoms with E-state index < -0.39 is 20.0 Å². The Bertz CT molecular complexity index is 1330. The molecule has 404 valence electrons. The Kier molecular flexibility index (Phi) is 48.1. The molecule has 0 heterocycles. The number of likely N-dealkylation sites (N-methyl/N-ethyl adjacent to an activating group) is 1. The van der Waals surface area contributed by atoms with E-state index in [9.17, 15) is 19.0 Å². The zero-order chi connectivity index (χ0) is 50.8. The monoisotopic (exact) mass is 992 g/mol. The molecule has 10 heteroatoms. The predicted molar refractivity (Wildman–Crippen MR) is 295 cm³/mol. The molecule has 0 aromatic carbocycles. The fourth-order valence-corrected chi connectivity index (χ4v) is 8.98. The molecule has 0 saturated heterocycles. The summed E-state index contributed by atoms with van der Waals surface area (Å²) in [7, 11) is 1.48. The summed E-state index contributed by atoms with van der Waals surface area (Å²) in [4.78, 5) is 37.6. The lowest BCUT2D eigenvalue weighted by molar-refractivity contribution is -0.870. The Morgan fingerprint density at radius 2 is 0.884 bits per heavy atom. The maximum absolute atomic E-state index is 13.5. The van der Waals surface area contributed by atoms with E-state index in [1.54, 1.807) is 0 Å². The number of quaternary nitrogens is 1. The second-order valence-electron chi connectivity index (χ2n) is 20.8. The van der Waals surface area contributed by atoms with Crippen molar-refractivity contribution in [2.45, 2.75) is 277 Å². The van der Waals surface area contributed by atoms with Gasteiger partial charge < -0.3 is 19.4 Å². The summed E-state index contributed by atoms with van der Waals surface area (Å²) < 4.78 is 30.6. The number of phosphoric ester groups is 1. The molecule has 9 nitrogen and oxygen atoms in total. The molecule has 0 bridgehead atoms. The maximum Gasteiger partial charge on any atom is 0.472 e. The van der Waals surface area contributed by atoms with E-state index in [4.69, 9.17) is 13.8 Å². The molecule has 0 fully saturated rings. The number of hydrogen-bond donors (Lipinski definition) is 2. The van der Waals surface area contributed by atoms with Gasteiger partial charge in [-0.2, -0.15) is 0 Å². The molecule has 1 amide bonds. The average Bonchev–Trinajstić information content (AvgIpc) is 3.31. The summed E-state index contributed by atoms with van der Waals surface area (Å²) in [6.07, 6.45) is 59.5. The van der Waals surface area contributed by atoms with Gasteiger partial charge in [-0.25, -0.2) is 4.57 Å². The second-order valence-corrected chi connectivity index (χ2v) is 22.3. The van der Waals surface area contributed by atoms with Crippen LogP contribution in [-0.4, -0.2) is 74.3 Å². The number of esters is 1. The molecular formula is C59H112N2O7P+. The van der Waals surface area contributed by atoms with Crippen LogP contribution in [0.3, 0.4) is 0 Å². The number of carbonyl (C=O) groups is 2. The SMILES string of the molecule is CCCCC/C=C\C/C=C\C/C=C\CCCCCCC(=O)NC(COP(=O)(O)OCC[N+](C)(C)C)C(/C=C/CCCCCCCCCCCC)OC(=O)CCCCCCCCCCCCCCCC. The van der Waals surface area contributed by atoms with E-state index in [1.807, 2.05) is 33.3 Å². The van der Waals surface area contributed by atoms with E-state index in [2.05, 4.69) is 62.5 Å². The van der Waals surface area contributed by atoms with Crippen LogP contribution in [0.4, 0.5) is 0 Å². The van der Waals surface area contributed by atoms with Crippen molar-refractivity contribution < 1.29 is 37.3 Å². The van der Waals surface area contributed by atoms with Crippen LogP contribution in [-0.2, 0) is 27.9 Å². The third-order valence-electron chi connectivity index (χ3n) is 12.8. The van der Waals surface area contributed by atoms with Gasteiger partial charge in [-0.1, -0.05) is 230 Å². The zero-order valence-electron chi connectivity index (χ0n) is 46.1. The van der Waals surface area contributed by atoms with Crippen LogP contribution >= 0.6 is 7.82 Å². The number of amides is 1. The van der Waals surface area contributed by atoms with Crippen LogP contribution in [0.15, 0.2) is 48.6 Å². The Morgan fingerprint density at radius 1 is 0.507 bits per heavy atom. The van der Waals surface area contributed by atoms with Crippen LogP contribution in [0, 0.1) is 0 Å². The maximum atomic E-state index is 13.5. The average molecular weight is 993 g/mol. The standard InChI is InChI=1S/C59H111N2O7P/c1-7-10-13-16-19-22-25-28-30-31-32-33-36-39-42-45-48-51-58(62)60-56(55-67-69(64,65)66-54-53-61(4,5)6)57(50-47-44-41-38-35-27-24-21-18-15-12-9-3)68-59(63)52-49-46-43-40-37-34-29-26-23-20-17-14-11-8-2/h19,22,28,30,32-33,47,50,56-57H,7-18,20-21,23-27,29,31,34-46,48-49,51-55H2,1-6H3,(H-,60,62,64,65)/p+1/b22-19-,30-28-,33-32-,50-47+. The van der Waals surface area contributed by atoms with E-state index in [1.165, 1.54) is 148 Å². The Labute approximate surface area is 427 Å². The Hall–Kier alpha value is -2.03. The van der Waals surface area contributed by atoms with Crippen LogP contribution < -0.4 is 5.32 Å². The highest BCUT2D eigenvalue weighted by molar-refractivity contribution is 7.47. The fraction of sp³-hybridized carbons (Fsp3) is 0.831. The molecule has 0 aliphatic heterocycles. The Morgan fingerprint density at radius 3 is 1.35 bits per heavy atom. The van der Waals surface area contributed by atoms with Gasteiger partial charge >= 0.3 is 13.8 Å². The van der Waals surface area contributed by atoms with Gasteiger partial charge in [0, 0.05) is 12.8 Å². The molecule has 0 radical (unpaired) electrons. The smallest absolute Gasteiger partial charge is 0.456 e. The molecule has 3 unspecified atom stereocenters. The van der Waals surface area contributed by atoms with Gasteiger partial charge in [-0.3, -0.25) is 18.6 Å². The fourth-order valence-electron chi connectivity index (χ4n) is 8.24. The number of rotatable bonds is 52. The van der Waals surface area contributed by atoms with Crippen LogP contribution in [0.25, 0.3) is 0 Å². The minimum atomic E-state index is -4.45. The highest BCUT2D eigenvalue weighted by Crippen LogP contribution is 2.43. The molecule has 69 heavy (non-hydrogen) atoms. The van der Waals surface area contributed by atoms with Crippen molar-refractivity contribution in [3.05, 3.63) is 48.6 Å². The highest BCUT2D eigenvalue weighted by Gasteiger charge is 2.30. The summed E-state index contributed by atoms with van der Waals surface area (Å²) in [5, 5.41) is 3.04. The number of hydrogen-bond acceptors (Lipinski definition) is 6. The molecule has 0 spiro atoms. The van der Waals surface area contributed by atoms with Crippen molar-refractivity contribution in [1.29, 1.82) is 0 Å². The van der Waals surface area contributed by atoms with Crippen LogP contribution in [0.2, 0.25) is 0 Å². The molecule has 0 aromatic heterocycles. The molecule has 0 aliphatic carbocycles. The zero-order valence-corrected chi connectivity index (χ0v) is 47.0. The van der Waals surface area contributed by atoms with Crippen molar-refractivity contribution in [2.24, 2.45) is 0 Å². The number of allylic oxidation sites excluding steroid dienone is 7. The van der Waals surface area contributed by atoms with Crippen LogP contribution in [0.5, 0.6) is 0 Å². The van der Waals surface area contributed by atoms with Crippen molar-refractivity contribution in [2.75, 3.05) is 40.9 Å². The van der Waals surface area contributed by atoms with Crippen molar-refractivity contribution >= 4 is 19.7 Å². The lowest BCUT2D eigenvalue weighted by atomic mass is 10.0. The largest absolute Gasteiger partial charge is 0.472 e. The van der Waals surface area contributed by atoms with E-state index >= 15 is 0 Å². The summed E-state index contributed by atoms with van der Waals surface area (Å²) in [5.74, 6) is -0.524. The predicted octanol–water partition coefficient (Wildman–Crippen LogP) is 17.3. The van der Waals surface area contributed by atoms with Gasteiger partial charge in [-0.15, -0.1) is 0 Å². The minimum Gasteiger partial charge on any atom is -0.456 e. The normalized spacial score (nSPS) is 14.1. The first kappa shape index (κ1) is 67.0. The third kappa shape index (κ3) is 50.7. The summed E-state index contributed by atoms with van der Waals surface area (Å²) >= 11 is 0. The topological polar surface area (TPSA) is 111 Å². The summed E-state index contributed by atoms with van der Waals surface area (Å²) in [6.45, 7) is 6.97. The summed E-state index contributed by atoms with van der Waals surface area (Å²) in [6, 6.07) is -0.856. The first-order valence-corrected chi connectivity index (χ1v) is 30.5. The molecule has 0 saturated carbocycles. The molecule has 0 aromatic rings. The Balaban J connectivity index is 5.37. The molecular weight excluding hydrogens is 880 g/mol. The van der Waals surface area contributed by atoms with Gasteiger partial charge in [0.2, 0.25) is 5.91 Å². The van der Waals surface area contributed by atoms with Gasteiger partial charge in [0.25, 0.3) is 0 Å². The van der Waals surface area contributed by atoms with Gasteiger partial charge in [-0.05, 0) is 70.3 Å². The molecule has 3 atom stereocenters. The van der Waals surface area contributed by atoms with E-state index in [0.717, 1.165) is 83.5 Å². The highest BCUT2D eigenvalue weighted by atomic mass is 31.2. The number of carbonyl (C=O) groups excluding carboxylic acids is 2. The lowest BCUT2D eigenvalue weighted by Crippen LogP contribution is -2.47. The molecule has 2 N–H and O–H groups in total. The molecule has 0 aliphatic rings.